The molecule has 2 N–H and O–H groups in total. The Morgan fingerprint density at radius 2 is 1.70 bits per heavy atom. The summed E-state index contributed by atoms with van der Waals surface area (Å²) < 4.78 is 41.6. The van der Waals surface area contributed by atoms with E-state index >= 15 is 0 Å². The van der Waals surface area contributed by atoms with Gasteiger partial charge in [0.2, 0.25) is 11.8 Å². The highest BCUT2D eigenvalue weighted by Gasteiger charge is 2.49. The zero-order valence-corrected chi connectivity index (χ0v) is 18.0. The third-order valence-corrected chi connectivity index (χ3v) is 6.35. The summed E-state index contributed by atoms with van der Waals surface area (Å²) in [5, 5.41) is 13.1. The van der Waals surface area contributed by atoms with Crippen molar-refractivity contribution in [1.29, 1.82) is 0 Å². The van der Waals surface area contributed by atoms with Gasteiger partial charge in [0.25, 0.3) is 0 Å². The topological polar surface area (TPSA) is 72.9 Å². The van der Waals surface area contributed by atoms with E-state index < -0.39 is 36.6 Å². The highest BCUT2D eigenvalue weighted by atomic mass is 19.4. The molecule has 0 unspecified atom stereocenters. The molecule has 2 aliphatic heterocycles. The lowest BCUT2D eigenvalue weighted by Gasteiger charge is -2.37. The lowest BCUT2D eigenvalue weighted by Crippen LogP contribution is -2.53. The molecule has 2 aromatic carbocycles. The second kappa shape index (κ2) is 9.52. The maximum Gasteiger partial charge on any atom is 0.409 e. The van der Waals surface area contributed by atoms with Crippen molar-refractivity contribution in [2.45, 2.75) is 37.6 Å². The molecule has 2 atom stereocenters. The molecule has 33 heavy (non-hydrogen) atoms. The molecule has 0 spiro atoms. The minimum Gasteiger partial charge on any atom is -0.388 e. The molecule has 176 valence electrons. The molecule has 2 aromatic rings. The summed E-state index contributed by atoms with van der Waals surface area (Å²) in [7, 11) is 0. The number of carbonyl (C=O) groups is 2. The number of likely N-dealkylation sites (tertiary alicyclic amines) is 1. The number of alkyl halides is 3. The van der Waals surface area contributed by atoms with Gasteiger partial charge in [-0.15, -0.1) is 0 Å². The highest BCUT2D eigenvalue weighted by molar-refractivity contribution is 6.05. The molecule has 0 aliphatic carbocycles. The lowest BCUT2D eigenvalue weighted by atomic mass is 9.87. The Bertz CT molecular complexity index is 991. The largest absolute Gasteiger partial charge is 0.409 e. The lowest BCUT2D eigenvalue weighted by molar-refractivity contribution is -0.158. The van der Waals surface area contributed by atoms with Crippen molar-refractivity contribution in [2.75, 3.05) is 29.9 Å². The first-order valence-electron chi connectivity index (χ1n) is 11.0. The van der Waals surface area contributed by atoms with E-state index in [2.05, 4.69) is 5.32 Å². The van der Waals surface area contributed by atoms with E-state index in [1.807, 2.05) is 35.2 Å². The number of fused-ring (bicyclic) bond motifs is 1. The summed E-state index contributed by atoms with van der Waals surface area (Å²) in [6.07, 6.45) is -4.97. The standard InChI is InChI=1S/C24H26F3N3O3/c25-24(26,27)20-14-21(31)28-18-8-4-5-9-19(18)30(20)22(32)15-29-12-10-17(11-13-29)23(33)16-6-2-1-3-7-16/h1-9,17,20,23,33H,10-15H2,(H,28,31)/t20-,23-/m0/s1. The van der Waals surface area contributed by atoms with Crippen LogP contribution >= 0.6 is 0 Å². The molecule has 4 rings (SSSR count). The first-order chi connectivity index (χ1) is 15.7. The fourth-order valence-corrected chi connectivity index (χ4v) is 4.61. The number of para-hydroxylation sites is 2. The Kier molecular flexibility index (Phi) is 6.71. The van der Waals surface area contributed by atoms with Crippen LogP contribution in [0.1, 0.15) is 30.9 Å². The van der Waals surface area contributed by atoms with Gasteiger partial charge in [0.15, 0.2) is 0 Å². The van der Waals surface area contributed by atoms with Crippen molar-refractivity contribution < 1.29 is 27.9 Å². The molecule has 0 radical (unpaired) electrons. The van der Waals surface area contributed by atoms with E-state index in [4.69, 9.17) is 0 Å². The van der Waals surface area contributed by atoms with Crippen molar-refractivity contribution in [2.24, 2.45) is 5.92 Å². The molecule has 1 fully saturated rings. The molecular weight excluding hydrogens is 435 g/mol. The van der Waals surface area contributed by atoms with E-state index in [0.29, 0.717) is 25.9 Å². The molecule has 0 bridgehead atoms. The summed E-state index contributed by atoms with van der Waals surface area (Å²) in [4.78, 5) is 27.8. The van der Waals surface area contributed by atoms with Crippen LogP contribution in [0.25, 0.3) is 0 Å². The molecule has 2 aliphatic rings. The summed E-state index contributed by atoms with van der Waals surface area (Å²) in [6.45, 7) is 0.788. The van der Waals surface area contributed by atoms with E-state index in [1.54, 1.807) is 12.1 Å². The monoisotopic (exact) mass is 461 g/mol. The Labute approximate surface area is 190 Å². The Balaban J connectivity index is 1.47. The van der Waals surface area contributed by atoms with Gasteiger partial charge in [-0.1, -0.05) is 42.5 Å². The average molecular weight is 461 g/mol. The summed E-state index contributed by atoms with van der Waals surface area (Å²) >= 11 is 0. The second-order valence-corrected chi connectivity index (χ2v) is 8.56. The molecule has 6 nitrogen and oxygen atoms in total. The zero-order chi connectivity index (χ0) is 23.6. The van der Waals surface area contributed by atoms with E-state index in [0.717, 1.165) is 10.5 Å². The number of piperidine rings is 1. The molecule has 1 saturated heterocycles. The van der Waals surface area contributed by atoms with Crippen molar-refractivity contribution in [3.8, 4) is 0 Å². The zero-order valence-electron chi connectivity index (χ0n) is 18.0. The van der Waals surface area contributed by atoms with Crippen LogP contribution in [0.4, 0.5) is 24.5 Å². The smallest absolute Gasteiger partial charge is 0.388 e. The van der Waals surface area contributed by atoms with Crippen molar-refractivity contribution in [1.82, 2.24) is 4.90 Å². The molecule has 9 heteroatoms. The van der Waals surface area contributed by atoms with Gasteiger partial charge in [-0.3, -0.25) is 19.4 Å². The van der Waals surface area contributed by atoms with Gasteiger partial charge in [-0.25, -0.2) is 0 Å². The normalized spacial score (nSPS) is 21.2. The SMILES string of the molecule is O=C1C[C@@H](C(F)(F)F)N(C(=O)CN2CCC([C@@H](O)c3ccccc3)CC2)c2ccccc2N1. The van der Waals surface area contributed by atoms with Crippen LogP contribution in [0, 0.1) is 5.92 Å². The fraction of sp³-hybridized carbons (Fsp3) is 0.417. The highest BCUT2D eigenvalue weighted by Crippen LogP contribution is 2.38. The number of aliphatic hydroxyl groups is 1. The van der Waals surface area contributed by atoms with Crippen LogP contribution in [0.3, 0.4) is 0 Å². The molecule has 0 saturated carbocycles. The van der Waals surface area contributed by atoms with Crippen molar-refractivity contribution >= 4 is 23.2 Å². The third kappa shape index (κ3) is 5.20. The number of nitrogens with zero attached hydrogens (tertiary/aromatic N) is 2. The van der Waals surface area contributed by atoms with Crippen LogP contribution in [0.15, 0.2) is 54.6 Å². The number of anilines is 2. The number of nitrogens with one attached hydrogen (secondary N) is 1. The van der Waals surface area contributed by atoms with Crippen LogP contribution in [0.5, 0.6) is 0 Å². The third-order valence-electron chi connectivity index (χ3n) is 6.35. The van der Waals surface area contributed by atoms with Crippen LogP contribution in [0.2, 0.25) is 0 Å². The first-order valence-corrected chi connectivity index (χ1v) is 11.0. The van der Waals surface area contributed by atoms with E-state index in [9.17, 15) is 27.9 Å². The van der Waals surface area contributed by atoms with Crippen molar-refractivity contribution in [3.63, 3.8) is 0 Å². The van der Waals surface area contributed by atoms with Gasteiger partial charge in [0, 0.05) is 0 Å². The van der Waals surface area contributed by atoms with Gasteiger partial charge in [0.05, 0.1) is 30.4 Å². The molecular formula is C24H26F3N3O3. The van der Waals surface area contributed by atoms with Crippen LogP contribution in [-0.2, 0) is 9.59 Å². The van der Waals surface area contributed by atoms with Crippen LogP contribution in [-0.4, -0.2) is 53.7 Å². The quantitative estimate of drug-likeness (QED) is 0.728. The minimum atomic E-state index is -4.75. The maximum atomic E-state index is 13.9. The number of halogens is 3. The number of hydrogen-bond acceptors (Lipinski definition) is 4. The number of carbonyl (C=O) groups excluding carboxylic acids is 2. The average Bonchev–Trinajstić information content (AvgIpc) is 2.95. The Hall–Kier alpha value is -2.91. The number of hydrogen-bond donors (Lipinski definition) is 2. The number of benzene rings is 2. The Morgan fingerprint density at radius 3 is 2.36 bits per heavy atom. The van der Waals surface area contributed by atoms with Gasteiger partial charge in [-0.2, -0.15) is 13.2 Å². The number of rotatable bonds is 4. The first kappa shape index (κ1) is 23.3. The number of amides is 2. The van der Waals surface area contributed by atoms with Gasteiger partial charge < -0.3 is 10.4 Å². The minimum absolute atomic E-state index is 0.0161. The van der Waals surface area contributed by atoms with E-state index in [1.165, 1.54) is 12.1 Å². The second-order valence-electron chi connectivity index (χ2n) is 8.56. The van der Waals surface area contributed by atoms with Gasteiger partial charge in [-0.05, 0) is 49.5 Å². The summed E-state index contributed by atoms with van der Waals surface area (Å²) in [5.41, 5.74) is 1.07. The summed E-state index contributed by atoms with van der Waals surface area (Å²) in [5.74, 6) is -1.47. The molecule has 2 amide bonds. The van der Waals surface area contributed by atoms with Gasteiger partial charge in [0.1, 0.15) is 6.04 Å². The van der Waals surface area contributed by atoms with Crippen molar-refractivity contribution in [3.05, 3.63) is 60.2 Å². The Morgan fingerprint density at radius 1 is 1.06 bits per heavy atom. The predicted molar refractivity (Wildman–Crippen MR) is 118 cm³/mol. The number of aliphatic hydroxyl groups excluding tert-OH is 1. The molecule has 2 heterocycles. The van der Waals surface area contributed by atoms with Crippen LogP contribution < -0.4 is 10.2 Å². The molecule has 0 aromatic heterocycles. The van der Waals surface area contributed by atoms with Gasteiger partial charge >= 0.3 is 6.18 Å². The maximum absolute atomic E-state index is 13.9. The predicted octanol–water partition coefficient (Wildman–Crippen LogP) is 3.74. The van der Waals surface area contributed by atoms with E-state index in [-0.39, 0.29) is 23.8 Å². The fourth-order valence-electron chi connectivity index (χ4n) is 4.61. The summed E-state index contributed by atoms with van der Waals surface area (Å²) in [6, 6.07) is 13.1.